The molecule has 4 aliphatic heterocycles. The van der Waals surface area contributed by atoms with Crippen LogP contribution in [0.15, 0.2) is 16.6 Å². The molecular formula is C18H21N7O7S. The number of aliphatic carboxylic acids is 1. The van der Waals surface area contributed by atoms with Crippen LogP contribution in [0.1, 0.15) is 6.92 Å². The molecular weight excluding hydrogens is 458 g/mol. The number of hydrogen-bond donors (Lipinski definition) is 1. The molecule has 0 bridgehead atoms. The number of β-lactam (4-membered cyclic amide) rings is 1. The van der Waals surface area contributed by atoms with Crippen molar-refractivity contribution in [2.24, 2.45) is 0 Å². The molecule has 0 saturated carbocycles. The summed E-state index contributed by atoms with van der Waals surface area (Å²) in [6, 6.07) is -1.19. The largest absolute Gasteiger partial charge is 0.487 e. The van der Waals surface area contributed by atoms with Crippen LogP contribution in [0.2, 0.25) is 0 Å². The Hall–Kier alpha value is -3.20. The first-order valence-corrected chi connectivity index (χ1v) is 11.3. The molecule has 0 aliphatic carbocycles. The molecule has 3 amide bonds. The number of morpholine rings is 1. The topological polar surface area (TPSA) is 160 Å². The summed E-state index contributed by atoms with van der Waals surface area (Å²) in [6.07, 6.45) is -0.505. The number of likely N-dealkylation sites (tertiary alicyclic amines) is 1. The number of nitrogens with zero attached hydrogens (tertiary/aromatic N) is 7. The maximum Gasteiger partial charge on any atom is 0.356 e. The molecule has 0 radical (unpaired) electrons. The molecule has 14 nitrogen and oxygen atoms in total. The minimum absolute atomic E-state index is 0.0332. The first-order chi connectivity index (χ1) is 15.9. The number of tetrazole rings is 1. The van der Waals surface area contributed by atoms with E-state index in [4.69, 9.17) is 9.47 Å². The number of amides is 3. The first-order valence-electron chi connectivity index (χ1n) is 10.3. The highest BCUT2D eigenvalue weighted by Gasteiger charge is 2.65. The normalized spacial score (nSPS) is 26.2. The van der Waals surface area contributed by atoms with E-state index in [0.29, 0.717) is 31.5 Å². The number of hydrogen-bond acceptors (Lipinski definition) is 10. The van der Waals surface area contributed by atoms with Crippen LogP contribution in [0.25, 0.3) is 0 Å². The van der Waals surface area contributed by atoms with E-state index in [1.54, 1.807) is 4.90 Å². The fourth-order valence-corrected chi connectivity index (χ4v) is 5.36. The van der Waals surface area contributed by atoms with E-state index in [2.05, 4.69) is 15.5 Å². The van der Waals surface area contributed by atoms with Gasteiger partial charge in [0, 0.05) is 20.0 Å². The van der Waals surface area contributed by atoms with Crippen molar-refractivity contribution < 1.29 is 33.8 Å². The number of carboxylic acid groups (broad SMARTS) is 1. The summed E-state index contributed by atoms with van der Waals surface area (Å²) in [5.74, 6) is -2.00. The van der Waals surface area contributed by atoms with Crippen LogP contribution in [0.4, 0.5) is 0 Å². The van der Waals surface area contributed by atoms with Crippen LogP contribution >= 0.6 is 11.8 Å². The highest BCUT2D eigenvalue weighted by atomic mass is 32.2. The molecule has 4 aliphatic rings. The third-order valence-electron chi connectivity index (χ3n) is 6.09. The number of rotatable bonds is 6. The Morgan fingerprint density at radius 1 is 1.24 bits per heavy atom. The number of ether oxygens (including phenoxy) is 2. The van der Waals surface area contributed by atoms with Gasteiger partial charge in [-0.25, -0.2) is 9.48 Å². The first kappa shape index (κ1) is 21.6. The van der Waals surface area contributed by atoms with E-state index < -0.39 is 30.1 Å². The Labute approximate surface area is 191 Å². The van der Waals surface area contributed by atoms with Crippen LogP contribution in [-0.4, -0.2) is 120 Å². The van der Waals surface area contributed by atoms with Crippen LogP contribution in [0.5, 0.6) is 0 Å². The third kappa shape index (κ3) is 3.60. The molecule has 15 heteroatoms. The molecule has 176 valence electrons. The third-order valence-corrected chi connectivity index (χ3v) is 7.05. The monoisotopic (exact) mass is 479 g/mol. The quantitative estimate of drug-likeness (QED) is 0.347. The van der Waals surface area contributed by atoms with E-state index in [-0.39, 0.29) is 42.1 Å². The Bertz CT molecular complexity index is 1050. The van der Waals surface area contributed by atoms with Gasteiger partial charge < -0.3 is 24.4 Å². The summed E-state index contributed by atoms with van der Waals surface area (Å²) in [5, 5.41) is 21.5. The molecule has 3 saturated heterocycles. The Morgan fingerprint density at radius 2 is 2.00 bits per heavy atom. The number of carbonyl (C=O) groups excluding carboxylic acids is 3. The SMILES string of the molecule is CC(=O)N1C[C@H]2OC(CSc3nnnn3CC(=O)N3CCOCC3)=C(C(=O)O)N3C(=O)[C@@H]1[C@@H]23. The average molecular weight is 479 g/mol. The second-order valence-corrected chi connectivity index (χ2v) is 8.89. The van der Waals surface area contributed by atoms with Gasteiger partial charge in [0.05, 0.1) is 25.5 Å². The second-order valence-electron chi connectivity index (χ2n) is 7.95. The van der Waals surface area contributed by atoms with Gasteiger partial charge >= 0.3 is 5.97 Å². The maximum atomic E-state index is 12.7. The molecule has 0 spiro atoms. The molecule has 1 N–H and O–H groups in total. The molecule has 1 aromatic heterocycles. The predicted octanol–water partition coefficient (Wildman–Crippen LogP) is -2.24. The van der Waals surface area contributed by atoms with Crippen molar-refractivity contribution in [2.75, 3.05) is 38.6 Å². The number of aromatic nitrogens is 4. The van der Waals surface area contributed by atoms with Crippen molar-refractivity contribution in [2.45, 2.75) is 36.8 Å². The van der Waals surface area contributed by atoms with E-state index >= 15 is 0 Å². The molecule has 0 aromatic carbocycles. The molecule has 0 unspecified atom stereocenters. The highest BCUT2D eigenvalue weighted by Crippen LogP contribution is 2.44. The Kier molecular flexibility index (Phi) is 5.44. The lowest BCUT2D eigenvalue weighted by Gasteiger charge is -2.49. The average Bonchev–Trinajstić information content (AvgIpc) is 3.39. The van der Waals surface area contributed by atoms with Crippen LogP contribution in [0, 0.1) is 0 Å². The fourth-order valence-electron chi connectivity index (χ4n) is 4.56. The van der Waals surface area contributed by atoms with Gasteiger partial charge in [-0.15, -0.1) is 5.10 Å². The summed E-state index contributed by atoms with van der Waals surface area (Å²) >= 11 is 1.10. The van der Waals surface area contributed by atoms with E-state index in [1.807, 2.05) is 0 Å². The maximum absolute atomic E-state index is 12.7. The molecule has 5 rings (SSSR count). The zero-order valence-electron chi connectivity index (χ0n) is 17.6. The van der Waals surface area contributed by atoms with Crippen molar-refractivity contribution in [3.8, 4) is 0 Å². The second kappa shape index (κ2) is 8.30. The molecule has 3 fully saturated rings. The molecule has 33 heavy (non-hydrogen) atoms. The van der Waals surface area contributed by atoms with Gasteiger partial charge in [-0.05, 0) is 10.4 Å². The summed E-state index contributed by atoms with van der Waals surface area (Å²) in [4.78, 5) is 53.4. The standard InChI is InChI=1S/C18H21N7O7S/c1-9(26)23-6-10-13-15(23)16(28)25(13)14(17(29)30)11(32-10)8-33-18-19-20-21-24(18)7-12(27)22-2-4-31-5-3-22/h10,13,15H,2-8H2,1H3,(H,29,30)/t10-,13-,15+/m1/s1. The predicted molar refractivity (Wildman–Crippen MR) is 107 cm³/mol. The number of carbonyl (C=O) groups is 4. The van der Waals surface area contributed by atoms with Crippen molar-refractivity contribution >= 4 is 35.5 Å². The minimum atomic E-state index is -1.29. The smallest absolute Gasteiger partial charge is 0.356 e. The Morgan fingerprint density at radius 3 is 2.70 bits per heavy atom. The zero-order valence-corrected chi connectivity index (χ0v) is 18.4. The van der Waals surface area contributed by atoms with Crippen LogP contribution in [0.3, 0.4) is 0 Å². The van der Waals surface area contributed by atoms with Gasteiger partial charge in [0.1, 0.15) is 30.5 Å². The van der Waals surface area contributed by atoms with Gasteiger partial charge in [-0.3, -0.25) is 19.3 Å². The van der Waals surface area contributed by atoms with Crippen molar-refractivity contribution in [1.29, 1.82) is 0 Å². The van der Waals surface area contributed by atoms with Gasteiger partial charge in [0.15, 0.2) is 5.70 Å². The van der Waals surface area contributed by atoms with Gasteiger partial charge in [0.2, 0.25) is 17.0 Å². The number of thioether (sulfide) groups is 1. The Balaban J connectivity index is 1.31. The minimum Gasteiger partial charge on any atom is -0.487 e. The lowest BCUT2D eigenvalue weighted by atomic mass is 9.91. The van der Waals surface area contributed by atoms with Crippen molar-refractivity contribution in [3.63, 3.8) is 0 Å². The zero-order chi connectivity index (χ0) is 23.3. The summed E-state index contributed by atoms with van der Waals surface area (Å²) < 4.78 is 12.5. The lowest BCUT2D eigenvalue weighted by molar-refractivity contribution is -0.163. The summed E-state index contributed by atoms with van der Waals surface area (Å²) in [7, 11) is 0. The van der Waals surface area contributed by atoms with Crippen molar-refractivity contribution in [1.82, 2.24) is 34.9 Å². The van der Waals surface area contributed by atoms with E-state index in [9.17, 15) is 24.3 Å². The summed E-state index contributed by atoms with van der Waals surface area (Å²) in [5.41, 5.74) is -0.237. The van der Waals surface area contributed by atoms with E-state index in [0.717, 1.165) is 11.8 Å². The van der Waals surface area contributed by atoms with Gasteiger partial charge in [-0.2, -0.15) is 0 Å². The number of carboxylic acids is 1. The van der Waals surface area contributed by atoms with E-state index in [1.165, 1.54) is 21.4 Å². The molecule has 3 atom stereocenters. The summed E-state index contributed by atoms with van der Waals surface area (Å²) in [6.45, 7) is 3.46. The molecule has 1 aromatic rings. The van der Waals surface area contributed by atoms with Gasteiger partial charge in [-0.1, -0.05) is 11.8 Å². The molecule has 5 heterocycles. The van der Waals surface area contributed by atoms with Gasteiger partial charge in [0.25, 0.3) is 5.91 Å². The van der Waals surface area contributed by atoms with Crippen LogP contribution < -0.4 is 0 Å². The van der Waals surface area contributed by atoms with Crippen LogP contribution in [-0.2, 0) is 35.2 Å². The highest BCUT2D eigenvalue weighted by molar-refractivity contribution is 7.99. The fraction of sp³-hybridized carbons (Fsp3) is 0.611. The lowest BCUT2D eigenvalue weighted by Crippen LogP contribution is -2.70. The van der Waals surface area contributed by atoms with Crippen molar-refractivity contribution in [3.05, 3.63) is 11.5 Å².